The van der Waals surface area contributed by atoms with E-state index in [1.54, 1.807) is 0 Å². The highest BCUT2D eigenvalue weighted by atomic mass is 16.5. The quantitative estimate of drug-likeness (QED) is 0.839. The van der Waals surface area contributed by atoms with E-state index in [-0.39, 0.29) is 5.54 Å². The minimum absolute atomic E-state index is 0.185. The predicted molar refractivity (Wildman–Crippen MR) is 75.5 cm³/mol. The SMILES string of the molecule is CC1CCC(C)C(CN)(N(C)C2CCOC2C)C1. The van der Waals surface area contributed by atoms with E-state index >= 15 is 0 Å². The summed E-state index contributed by atoms with van der Waals surface area (Å²) in [5.74, 6) is 1.49. The number of hydrogen-bond acceptors (Lipinski definition) is 3. The molecule has 5 atom stereocenters. The molecule has 1 saturated carbocycles. The monoisotopic (exact) mass is 254 g/mol. The van der Waals surface area contributed by atoms with Crippen LogP contribution in [0.3, 0.4) is 0 Å². The third-order valence-corrected chi connectivity index (χ3v) is 5.60. The zero-order valence-corrected chi connectivity index (χ0v) is 12.5. The molecule has 3 nitrogen and oxygen atoms in total. The summed E-state index contributed by atoms with van der Waals surface area (Å²) in [5, 5.41) is 0. The molecule has 1 aliphatic heterocycles. The van der Waals surface area contributed by atoms with Gasteiger partial charge in [0.2, 0.25) is 0 Å². The van der Waals surface area contributed by atoms with Crippen LogP contribution in [0.25, 0.3) is 0 Å². The molecule has 0 radical (unpaired) electrons. The molecule has 18 heavy (non-hydrogen) atoms. The van der Waals surface area contributed by atoms with Gasteiger partial charge in [-0.3, -0.25) is 4.90 Å². The van der Waals surface area contributed by atoms with Gasteiger partial charge in [0.1, 0.15) is 0 Å². The van der Waals surface area contributed by atoms with Gasteiger partial charge in [-0.15, -0.1) is 0 Å². The molecular formula is C15H30N2O. The minimum atomic E-state index is 0.185. The molecule has 1 aliphatic carbocycles. The van der Waals surface area contributed by atoms with E-state index in [9.17, 15) is 0 Å². The Kier molecular flexibility index (Phi) is 4.35. The Hall–Kier alpha value is -0.120. The number of hydrogen-bond donors (Lipinski definition) is 1. The van der Waals surface area contributed by atoms with Gasteiger partial charge in [0.05, 0.1) is 6.10 Å². The van der Waals surface area contributed by atoms with Gasteiger partial charge in [0.25, 0.3) is 0 Å². The second-order valence-electron chi connectivity index (χ2n) is 6.64. The summed E-state index contributed by atoms with van der Waals surface area (Å²) >= 11 is 0. The molecule has 0 spiro atoms. The van der Waals surface area contributed by atoms with Gasteiger partial charge in [-0.2, -0.15) is 0 Å². The van der Waals surface area contributed by atoms with Crippen LogP contribution in [0.4, 0.5) is 0 Å². The maximum atomic E-state index is 6.22. The molecule has 2 rings (SSSR count). The normalized spacial score (nSPS) is 45.7. The second-order valence-corrected chi connectivity index (χ2v) is 6.64. The maximum Gasteiger partial charge on any atom is 0.0703 e. The van der Waals surface area contributed by atoms with E-state index in [0.29, 0.717) is 18.1 Å². The summed E-state index contributed by atoms with van der Waals surface area (Å²) in [7, 11) is 2.28. The average molecular weight is 254 g/mol. The van der Waals surface area contributed by atoms with Crippen molar-refractivity contribution in [2.75, 3.05) is 20.2 Å². The number of likely N-dealkylation sites (N-methyl/N-ethyl adjacent to an activating group) is 1. The molecule has 0 aromatic rings. The molecule has 2 aliphatic rings. The first-order chi connectivity index (χ1) is 8.51. The average Bonchev–Trinajstić information content (AvgIpc) is 2.77. The Morgan fingerprint density at radius 3 is 2.50 bits per heavy atom. The van der Waals surface area contributed by atoms with E-state index in [0.717, 1.165) is 25.5 Å². The first-order valence-electron chi connectivity index (χ1n) is 7.56. The zero-order valence-electron chi connectivity index (χ0n) is 12.5. The summed E-state index contributed by atoms with van der Waals surface area (Å²) in [6, 6.07) is 0.543. The topological polar surface area (TPSA) is 38.5 Å². The smallest absolute Gasteiger partial charge is 0.0703 e. The van der Waals surface area contributed by atoms with Crippen LogP contribution in [-0.4, -0.2) is 42.8 Å². The lowest BCUT2D eigenvalue weighted by Gasteiger charge is -2.53. The van der Waals surface area contributed by atoms with Crippen molar-refractivity contribution in [3.63, 3.8) is 0 Å². The molecule has 2 N–H and O–H groups in total. The van der Waals surface area contributed by atoms with E-state index < -0.39 is 0 Å². The van der Waals surface area contributed by atoms with Crippen LogP contribution in [0.15, 0.2) is 0 Å². The van der Waals surface area contributed by atoms with Crippen molar-refractivity contribution >= 4 is 0 Å². The maximum absolute atomic E-state index is 6.22. The van der Waals surface area contributed by atoms with Crippen molar-refractivity contribution in [2.24, 2.45) is 17.6 Å². The van der Waals surface area contributed by atoms with Crippen LogP contribution in [0.5, 0.6) is 0 Å². The Bertz CT molecular complexity index is 284. The fraction of sp³-hybridized carbons (Fsp3) is 1.00. The second kappa shape index (κ2) is 5.48. The van der Waals surface area contributed by atoms with E-state index in [2.05, 4.69) is 32.7 Å². The van der Waals surface area contributed by atoms with Crippen molar-refractivity contribution in [2.45, 2.75) is 64.1 Å². The highest BCUT2D eigenvalue weighted by Gasteiger charge is 2.46. The van der Waals surface area contributed by atoms with Crippen molar-refractivity contribution < 1.29 is 4.74 Å². The van der Waals surface area contributed by atoms with Crippen molar-refractivity contribution in [3.8, 4) is 0 Å². The lowest BCUT2D eigenvalue weighted by molar-refractivity contribution is -0.0320. The van der Waals surface area contributed by atoms with E-state index in [1.807, 2.05) is 0 Å². The van der Waals surface area contributed by atoms with Crippen molar-refractivity contribution in [3.05, 3.63) is 0 Å². The van der Waals surface area contributed by atoms with Gasteiger partial charge < -0.3 is 10.5 Å². The molecular weight excluding hydrogens is 224 g/mol. The van der Waals surface area contributed by atoms with Gasteiger partial charge in [0.15, 0.2) is 0 Å². The van der Waals surface area contributed by atoms with Crippen LogP contribution in [-0.2, 0) is 4.74 Å². The standard InChI is InChI=1S/C15H30N2O/c1-11-5-6-12(2)15(9-11,10-16)17(4)14-7-8-18-13(14)3/h11-14H,5-10,16H2,1-4H3. The molecule has 5 unspecified atom stereocenters. The van der Waals surface area contributed by atoms with Crippen molar-refractivity contribution in [1.82, 2.24) is 4.90 Å². The minimum Gasteiger partial charge on any atom is -0.377 e. The highest BCUT2D eigenvalue weighted by molar-refractivity contribution is 5.02. The number of rotatable bonds is 3. The van der Waals surface area contributed by atoms with Gasteiger partial charge in [-0.25, -0.2) is 0 Å². The fourth-order valence-corrected chi connectivity index (χ4v) is 4.19. The van der Waals surface area contributed by atoms with Crippen LogP contribution in [0.1, 0.15) is 46.5 Å². The van der Waals surface area contributed by atoms with Crippen LogP contribution >= 0.6 is 0 Å². The molecule has 0 amide bonds. The lowest BCUT2D eigenvalue weighted by Crippen LogP contribution is -2.62. The van der Waals surface area contributed by atoms with E-state index in [1.165, 1.54) is 19.3 Å². The van der Waals surface area contributed by atoms with Crippen LogP contribution in [0.2, 0.25) is 0 Å². The van der Waals surface area contributed by atoms with Crippen LogP contribution < -0.4 is 5.73 Å². The molecule has 1 heterocycles. The molecule has 0 aromatic carbocycles. The summed E-state index contributed by atoms with van der Waals surface area (Å²) in [4.78, 5) is 2.57. The Labute approximate surface area is 112 Å². The predicted octanol–water partition coefficient (Wildman–Crippen LogP) is 2.25. The molecule has 106 valence electrons. The number of ether oxygens (including phenoxy) is 1. The Balaban J connectivity index is 2.19. The number of nitrogens with zero attached hydrogens (tertiary/aromatic N) is 1. The van der Waals surface area contributed by atoms with E-state index in [4.69, 9.17) is 10.5 Å². The van der Waals surface area contributed by atoms with Crippen LogP contribution in [0, 0.1) is 11.8 Å². The Morgan fingerprint density at radius 1 is 1.22 bits per heavy atom. The number of nitrogens with two attached hydrogens (primary N) is 1. The summed E-state index contributed by atoms with van der Waals surface area (Å²) < 4.78 is 5.75. The highest BCUT2D eigenvalue weighted by Crippen LogP contribution is 2.42. The van der Waals surface area contributed by atoms with Gasteiger partial charge >= 0.3 is 0 Å². The largest absolute Gasteiger partial charge is 0.377 e. The molecule has 1 saturated heterocycles. The molecule has 3 heteroatoms. The van der Waals surface area contributed by atoms with Gasteiger partial charge in [0, 0.05) is 24.7 Å². The molecule has 0 aromatic heterocycles. The Morgan fingerprint density at radius 2 is 1.94 bits per heavy atom. The molecule has 2 fully saturated rings. The lowest BCUT2D eigenvalue weighted by atomic mass is 9.68. The third kappa shape index (κ3) is 2.33. The zero-order chi connectivity index (χ0) is 13.3. The van der Waals surface area contributed by atoms with Crippen molar-refractivity contribution in [1.29, 1.82) is 0 Å². The van der Waals surface area contributed by atoms with Gasteiger partial charge in [-0.1, -0.05) is 20.3 Å². The third-order valence-electron chi connectivity index (χ3n) is 5.60. The summed E-state index contributed by atoms with van der Waals surface area (Å²) in [5.41, 5.74) is 6.41. The molecule has 0 bridgehead atoms. The van der Waals surface area contributed by atoms with Gasteiger partial charge in [-0.05, 0) is 45.1 Å². The fourth-order valence-electron chi connectivity index (χ4n) is 4.19. The first-order valence-corrected chi connectivity index (χ1v) is 7.56. The summed E-state index contributed by atoms with van der Waals surface area (Å²) in [6.45, 7) is 8.64. The first kappa shape index (κ1) is 14.3. The summed E-state index contributed by atoms with van der Waals surface area (Å²) in [6.07, 6.45) is 5.41.